The Morgan fingerprint density at radius 1 is 0.521 bits per heavy atom. The molecule has 0 fully saturated rings. The topological polar surface area (TPSA) is 380 Å². The third-order valence-electron chi connectivity index (χ3n) is 11.5. The minimum Gasteiger partial charge on any atom is -0.855 e. The summed E-state index contributed by atoms with van der Waals surface area (Å²) >= 11 is 0. The number of aliphatic hydroxyl groups is 1. The maximum Gasteiger partial charge on any atom is 1.00 e. The first-order chi connectivity index (χ1) is 45.2. The van der Waals surface area contributed by atoms with Gasteiger partial charge in [0.15, 0.2) is 17.6 Å². The van der Waals surface area contributed by atoms with Gasteiger partial charge in [0.2, 0.25) is 0 Å². The van der Waals surface area contributed by atoms with E-state index in [1.165, 1.54) is 23.3 Å². The van der Waals surface area contributed by atoms with E-state index in [1.54, 1.807) is 90.9 Å². The van der Waals surface area contributed by atoms with Crippen molar-refractivity contribution in [1.82, 2.24) is 4.98 Å². The minimum absolute atomic E-state index is 0. The molecule has 0 atom stereocenters. The number of hydrogen-bond donors (Lipinski definition) is 2. The number of nitrogens with one attached hydrogen (secondary N) is 1. The number of hydrogen-bond acceptors (Lipinski definition) is 18. The number of nitrogens with zero attached hydrogens (tertiary/aromatic N) is 9. The number of carbonyl (C=O) groups is 5. The van der Waals surface area contributed by atoms with Crippen molar-refractivity contribution in [2.75, 3.05) is 46.2 Å². The summed E-state index contributed by atoms with van der Waals surface area (Å²) in [6.07, 6.45) is 13.0. The van der Waals surface area contributed by atoms with Crippen LogP contribution in [-0.4, -0.2) is 86.4 Å². The van der Waals surface area contributed by atoms with Crippen molar-refractivity contribution in [3.8, 4) is 0 Å². The predicted molar refractivity (Wildman–Crippen MR) is 346 cm³/mol. The molecule has 0 unspecified atom stereocenters. The number of aromatic amines is 1. The Balaban J connectivity index is 0.000000400. The molecular formula is C68H73N10NaO15. The zero-order valence-electron chi connectivity index (χ0n) is 53.4. The number of ether oxygens (including phenoxy) is 4. The van der Waals surface area contributed by atoms with Crippen LogP contribution in [0.5, 0.6) is 0 Å². The largest absolute Gasteiger partial charge is 1.00 e. The average Bonchev–Trinajstić information content (AvgIpc) is 1.66. The van der Waals surface area contributed by atoms with Crippen molar-refractivity contribution in [2.24, 2.45) is 15.3 Å². The molecule has 5 aromatic heterocycles. The van der Waals surface area contributed by atoms with E-state index in [9.17, 15) is 24.0 Å². The molecule has 26 heteroatoms. The molecule has 9 rings (SSSR count). The molecule has 0 bridgehead atoms. The number of furan rings is 4. The van der Waals surface area contributed by atoms with Crippen molar-refractivity contribution in [1.29, 1.82) is 0 Å². The molecule has 0 aliphatic carbocycles. The molecule has 5 heterocycles. The SMILES string of the molecule is CCO.CCOC(=O)/C(=C/c1cc(Cc2ccccc2)co1)N=[N+]=[N-].CCOC(=O)/C(=C/c1cc(Cc2ccccc2)co1)N=[N+]=[N-].CCOC(=O)CN=[N+]=[N-].CCOC(=O)c1cc2occ(Cc3ccccc3)c2[nH]1.CC[O-].O=Cc1cc(Cc2ccccc2)co1.[Na+]. The molecule has 0 radical (unpaired) electrons. The number of fused-ring (bicyclic) bond motifs is 1. The van der Waals surface area contributed by atoms with Crippen LogP contribution in [-0.2, 0) is 59.0 Å². The van der Waals surface area contributed by atoms with Gasteiger partial charge in [0.1, 0.15) is 35.2 Å². The van der Waals surface area contributed by atoms with E-state index >= 15 is 0 Å². The van der Waals surface area contributed by atoms with Crippen LogP contribution in [0, 0.1) is 0 Å². The Kier molecular flexibility index (Phi) is 40.8. The standard InChI is InChI=1S/2C16H15N3O3.C16H15NO3.C12H10O2.C4H7N3O2.C2H6O.C2H5O.Na/c2*1-2-21-16(20)15(18-19-17)10-14-9-13(11-22-14)8-12-6-4-3-5-7-12;1-2-19-16(18)13-9-14-15(17-13)12(10-20-14)8-11-6-4-3-5-7-11;13-8-12-7-11(9-14-12)6-10-4-2-1-3-5-10;1-2-9-4(8)3-6-7-5;2*1-2-3;/h2*3-7,9-11H,2,8H2,1H3;3-7,9-10,17H,2,8H2,1H3;1-5,7-9H,6H2;2-3H2,1H3;3H,2H2,1H3;2H2,1H3;/q;;;;;;-1;+1/b2*15-10-;;;;;;. The first kappa shape index (κ1) is 79.5. The van der Waals surface area contributed by atoms with Crippen LogP contribution >= 0.6 is 0 Å². The van der Waals surface area contributed by atoms with Gasteiger partial charge in [-0.25, -0.2) is 14.4 Å². The van der Waals surface area contributed by atoms with Gasteiger partial charge in [-0.2, -0.15) is 0 Å². The van der Waals surface area contributed by atoms with Crippen molar-refractivity contribution >= 4 is 53.4 Å². The predicted octanol–water partition coefficient (Wildman–Crippen LogP) is 11.6. The van der Waals surface area contributed by atoms with E-state index < -0.39 is 17.9 Å². The molecule has 0 aliphatic heterocycles. The summed E-state index contributed by atoms with van der Waals surface area (Å²) < 4.78 is 40.3. The Morgan fingerprint density at radius 2 is 0.894 bits per heavy atom. The molecule has 0 spiro atoms. The van der Waals surface area contributed by atoms with Gasteiger partial charge in [-0.1, -0.05) is 144 Å². The molecule has 94 heavy (non-hydrogen) atoms. The molecule has 9 aromatic rings. The van der Waals surface area contributed by atoms with Crippen LogP contribution in [0.15, 0.2) is 215 Å². The number of aliphatic hydroxyl groups excluding tert-OH is 1. The number of carbonyl (C=O) groups excluding carboxylic acids is 5. The van der Waals surface area contributed by atoms with Gasteiger partial charge >= 0.3 is 53.4 Å². The Hall–Kier alpha value is -10.6. The number of rotatable bonds is 22. The smallest absolute Gasteiger partial charge is 0.855 e. The number of aldehydes is 1. The van der Waals surface area contributed by atoms with Gasteiger partial charge in [-0.3, -0.25) is 9.59 Å². The third kappa shape index (κ3) is 31.4. The minimum atomic E-state index is -0.679. The second-order valence-corrected chi connectivity index (χ2v) is 18.4. The summed E-state index contributed by atoms with van der Waals surface area (Å²) in [5.41, 5.74) is 35.1. The Morgan fingerprint density at radius 3 is 1.24 bits per heavy atom. The molecule has 0 aliphatic rings. The fourth-order valence-corrected chi connectivity index (χ4v) is 7.72. The number of esters is 4. The number of benzene rings is 4. The van der Waals surface area contributed by atoms with Gasteiger partial charge < -0.3 is 51.8 Å². The molecule has 0 saturated heterocycles. The van der Waals surface area contributed by atoms with E-state index in [1.807, 2.05) is 109 Å². The maximum atomic E-state index is 11.7. The monoisotopic (exact) mass is 1290 g/mol. The van der Waals surface area contributed by atoms with Crippen molar-refractivity contribution in [3.63, 3.8) is 0 Å². The summed E-state index contributed by atoms with van der Waals surface area (Å²) in [5, 5.41) is 26.2. The molecular weight excluding hydrogens is 1220 g/mol. The molecule has 0 amide bonds. The normalized spacial score (nSPS) is 10.0. The van der Waals surface area contributed by atoms with Crippen LogP contribution in [0.3, 0.4) is 0 Å². The fourth-order valence-electron chi connectivity index (χ4n) is 7.72. The summed E-state index contributed by atoms with van der Waals surface area (Å²) in [7, 11) is 0. The van der Waals surface area contributed by atoms with Crippen LogP contribution in [0.4, 0.5) is 0 Å². The van der Waals surface area contributed by atoms with Gasteiger partial charge in [-0.05, 0) is 121 Å². The summed E-state index contributed by atoms with van der Waals surface area (Å²) in [4.78, 5) is 66.4. The molecule has 486 valence electrons. The van der Waals surface area contributed by atoms with E-state index in [0.717, 1.165) is 51.7 Å². The number of aromatic nitrogens is 1. The van der Waals surface area contributed by atoms with Gasteiger partial charge in [0.25, 0.3) is 0 Å². The second-order valence-electron chi connectivity index (χ2n) is 18.4. The molecule has 0 saturated carbocycles. The Bertz CT molecular complexity index is 3730. The number of H-pyrrole nitrogens is 1. The quantitative estimate of drug-likeness (QED) is 0.00930. The average molecular weight is 1290 g/mol. The van der Waals surface area contributed by atoms with Crippen molar-refractivity contribution in [2.45, 2.75) is 67.2 Å². The summed E-state index contributed by atoms with van der Waals surface area (Å²) in [6, 6.07) is 47.1. The zero-order valence-corrected chi connectivity index (χ0v) is 55.4. The second kappa shape index (κ2) is 48.2. The first-order valence-corrected chi connectivity index (χ1v) is 29.1. The summed E-state index contributed by atoms with van der Waals surface area (Å²) in [5.74, 6) is -0.957. The summed E-state index contributed by atoms with van der Waals surface area (Å²) in [6.45, 7) is 11.2. The van der Waals surface area contributed by atoms with Crippen molar-refractivity contribution in [3.05, 3.63) is 281 Å². The van der Waals surface area contributed by atoms with Gasteiger partial charge in [0.05, 0.1) is 57.0 Å². The third-order valence-corrected chi connectivity index (χ3v) is 11.5. The van der Waals surface area contributed by atoms with E-state index in [-0.39, 0.29) is 79.9 Å². The number of azide groups is 3. The Labute approximate surface area is 565 Å². The van der Waals surface area contributed by atoms with Crippen LogP contribution in [0.25, 0.3) is 54.6 Å². The van der Waals surface area contributed by atoms with E-state index in [0.29, 0.717) is 60.9 Å². The van der Waals surface area contributed by atoms with E-state index in [4.69, 9.17) is 58.7 Å². The molecule has 2 N–H and O–H groups in total. The van der Waals surface area contributed by atoms with Crippen LogP contribution in [0.1, 0.15) is 119 Å². The maximum absolute atomic E-state index is 11.7. The zero-order chi connectivity index (χ0) is 67.9. The molecule has 25 nitrogen and oxygen atoms in total. The van der Waals surface area contributed by atoms with Gasteiger partial charge in [-0.15, -0.1) is 6.61 Å². The van der Waals surface area contributed by atoms with E-state index in [2.05, 4.69) is 51.9 Å². The van der Waals surface area contributed by atoms with Crippen molar-refractivity contribution < 1.29 is 100 Å². The fraction of sp³-hybridized carbons (Fsp3) is 0.250. The first-order valence-electron chi connectivity index (χ1n) is 29.1. The van der Waals surface area contributed by atoms with Crippen LogP contribution in [0.2, 0.25) is 0 Å². The molecule has 4 aromatic carbocycles. The van der Waals surface area contributed by atoms with Crippen LogP contribution < -0.4 is 34.7 Å². The van der Waals surface area contributed by atoms with Gasteiger partial charge in [0, 0.05) is 58.7 Å².